The number of aromatic nitrogens is 3. The monoisotopic (exact) mass is 489 g/mol. The molecule has 0 fully saturated rings. The maximum atomic E-state index is 12.6. The molecule has 6 nitrogen and oxygen atoms in total. The molecule has 3 N–H and O–H groups in total. The zero-order valence-corrected chi connectivity index (χ0v) is 18.2. The van der Waals surface area contributed by atoms with Crippen molar-refractivity contribution in [3.63, 3.8) is 0 Å². The largest absolute Gasteiger partial charge is 0.324 e. The predicted molar refractivity (Wildman–Crippen MR) is 120 cm³/mol. The number of carbonyl (C=O) groups is 1. The number of amides is 1. The summed E-state index contributed by atoms with van der Waals surface area (Å²) in [6, 6.07) is 14.0. The van der Waals surface area contributed by atoms with E-state index in [-0.39, 0.29) is 5.91 Å². The lowest BCUT2D eigenvalue weighted by molar-refractivity contribution is 0.102. The molecule has 0 aliphatic heterocycles. The van der Waals surface area contributed by atoms with Gasteiger partial charge in [0.25, 0.3) is 5.91 Å². The van der Waals surface area contributed by atoms with Crippen LogP contribution in [0.2, 0.25) is 10.0 Å². The SMILES string of the molecule is Cc1nc(NC(=O)c2ccc3[nH]c(Nc4c(Cl)cccc4Cl)nc3c2)ccc1Br. The minimum atomic E-state index is -0.271. The van der Waals surface area contributed by atoms with Crippen LogP contribution < -0.4 is 10.6 Å². The average molecular weight is 491 g/mol. The second kappa shape index (κ2) is 8.02. The molecule has 146 valence electrons. The summed E-state index contributed by atoms with van der Waals surface area (Å²) >= 11 is 15.8. The Kier molecular flexibility index (Phi) is 5.45. The number of para-hydroxylation sites is 1. The first-order chi connectivity index (χ1) is 13.9. The first-order valence-corrected chi connectivity index (χ1v) is 10.1. The Bertz CT molecular complexity index is 1220. The summed E-state index contributed by atoms with van der Waals surface area (Å²) in [5.41, 5.74) is 3.21. The Hall–Kier alpha value is -2.61. The number of aromatic amines is 1. The molecular weight excluding hydrogens is 477 g/mol. The molecule has 0 aliphatic carbocycles. The van der Waals surface area contributed by atoms with Crippen LogP contribution in [0.3, 0.4) is 0 Å². The Morgan fingerprint density at radius 1 is 1.07 bits per heavy atom. The van der Waals surface area contributed by atoms with Gasteiger partial charge >= 0.3 is 0 Å². The number of imidazole rings is 1. The second-order valence-corrected chi connectivity index (χ2v) is 7.93. The molecule has 0 bridgehead atoms. The number of pyridine rings is 1. The van der Waals surface area contributed by atoms with E-state index in [1.54, 1.807) is 42.5 Å². The summed E-state index contributed by atoms with van der Waals surface area (Å²) in [5, 5.41) is 6.84. The molecule has 29 heavy (non-hydrogen) atoms. The third-order valence-corrected chi connectivity index (χ3v) is 5.68. The smallest absolute Gasteiger partial charge is 0.256 e. The highest BCUT2D eigenvalue weighted by atomic mass is 79.9. The second-order valence-electron chi connectivity index (χ2n) is 6.26. The number of H-pyrrole nitrogens is 1. The van der Waals surface area contributed by atoms with Gasteiger partial charge in [-0.1, -0.05) is 29.3 Å². The minimum absolute atomic E-state index is 0.271. The molecule has 2 heterocycles. The highest BCUT2D eigenvalue weighted by Gasteiger charge is 2.12. The van der Waals surface area contributed by atoms with Gasteiger partial charge in [0.1, 0.15) is 5.82 Å². The van der Waals surface area contributed by atoms with Crippen LogP contribution in [0.4, 0.5) is 17.5 Å². The van der Waals surface area contributed by atoms with Crippen molar-refractivity contribution >= 4 is 73.5 Å². The summed E-state index contributed by atoms with van der Waals surface area (Å²) in [5.74, 6) is 0.680. The van der Waals surface area contributed by atoms with E-state index in [1.165, 1.54) is 0 Å². The summed E-state index contributed by atoms with van der Waals surface area (Å²) in [7, 11) is 0. The number of anilines is 3. The van der Waals surface area contributed by atoms with Gasteiger partial charge in [0.15, 0.2) is 0 Å². The van der Waals surface area contributed by atoms with Crippen molar-refractivity contribution in [1.29, 1.82) is 0 Å². The van der Waals surface area contributed by atoms with Crippen LogP contribution in [0.15, 0.2) is 53.0 Å². The quantitative estimate of drug-likeness (QED) is 0.312. The van der Waals surface area contributed by atoms with Crippen molar-refractivity contribution in [2.24, 2.45) is 0 Å². The van der Waals surface area contributed by atoms with Crippen molar-refractivity contribution in [2.45, 2.75) is 6.92 Å². The minimum Gasteiger partial charge on any atom is -0.324 e. The normalized spacial score (nSPS) is 10.9. The van der Waals surface area contributed by atoms with Gasteiger partial charge in [-0.15, -0.1) is 0 Å². The van der Waals surface area contributed by atoms with E-state index in [1.807, 2.05) is 13.0 Å². The molecule has 0 unspecified atom stereocenters. The van der Waals surface area contributed by atoms with E-state index in [0.29, 0.717) is 38.6 Å². The first-order valence-electron chi connectivity index (χ1n) is 8.56. The number of halogens is 3. The van der Waals surface area contributed by atoms with E-state index >= 15 is 0 Å². The van der Waals surface area contributed by atoms with Crippen LogP contribution in [0.1, 0.15) is 16.1 Å². The highest BCUT2D eigenvalue weighted by molar-refractivity contribution is 9.10. The van der Waals surface area contributed by atoms with E-state index in [2.05, 4.69) is 41.5 Å². The molecule has 1 amide bonds. The Morgan fingerprint density at radius 3 is 2.55 bits per heavy atom. The lowest BCUT2D eigenvalue weighted by atomic mass is 10.2. The van der Waals surface area contributed by atoms with Gasteiger partial charge in [0.05, 0.1) is 32.5 Å². The molecule has 0 saturated carbocycles. The van der Waals surface area contributed by atoms with Gasteiger partial charge in [-0.25, -0.2) is 9.97 Å². The molecule has 0 radical (unpaired) electrons. The van der Waals surface area contributed by atoms with Gasteiger partial charge < -0.3 is 15.6 Å². The number of benzene rings is 2. The third-order valence-electron chi connectivity index (χ3n) is 4.21. The van der Waals surface area contributed by atoms with Crippen molar-refractivity contribution in [1.82, 2.24) is 15.0 Å². The highest BCUT2D eigenvalue weighted by Crippen LogP contribution is 2.32. The molecule has 0 saturated heterocycles. The number of nitrogens with zero attached hydrogens (tertiary/aromatic N) is 2. The number of aryl methyl sites for hydroxylation is 1. The van der Waals surface area contributed by atoms with Gasteiger partial charge in [-0.2, -0.15) is 0 Å². The van der Waals surface area contributed by atoms with Crippen LogP contribution in [-0.2, 0) is 0 Å². The van der Waals surface area contributed by atoms with Crippen molar-refractivity contribution in [2.75, 3.05) is 10.6 Å². The fourth-order valence-electron chi connectivity index (χ4n) is 2.74. The number of carbonyl (C=O) groups excluding carboxylic acids is 1. The molecule has 4 rings (SSSR count). The van der Waals surface area contributed by atoms with Crippen LogP contribution in [0.25, 0.3) is 11.0 Å². The predicted octanol–water partition coefficient (Wildman–Crippen LogP) is 6.33. The van der Waals surface area contributed by atoms with Crippen LogP contribution in [-0.4, -0.2) is 20.9 Å². The van der Waals surface area contributed by atoms with E-state index in [9.17, 15) is 4.79 Å². The number of rotatable bonds is 4. The Morgan fingerprint density at radius 2 is 1.83 bits per heavy atom. The van der Waals surface area contributed by atoms with Crippen LogP contribution >= 0.6 is 39.1 Å². The third kappa shape index (κ3) is 4.22. The molecule has 2 aromatic heterocycles. The van der Waals surface area contributed by atoms with Crippen molar-refractivity contribution in [3.8, 4) is 0 Å². The fourth-order valence-corrected chi connectivity index (χ4v) is 3.46. The van der Waals surface area contributed by atoms with Crippen molar-refractivity contribution < 1.29 is 4.79 Å². The molecule has 0 atom stereocenters. The first kappa shape index (κ1) is 19.7. The number of hydrogen-bond donors (Lipinski definition) is 3. The zero-order chi connectivity index (χ0) is 20.5. The molecule has 9 heteroatoms. The average Bonchev–Trinajstić information content (AvgIpc) is 3.09. The molecule has 0 spiro atoms. The van der Waals surface area contributed by atoms with Crippen molar-refractivity contribution in [3.05, 3.63) is 74.3 Å². The standard InChI is InChI=1S/C20H14BrCl2N5O/c1-10-12(21)6-8-17(24-10)27-19(29)11-5-7-15-16(9-11)26-20(25-15)28-18-13(22)3-2-4-14(18)23/h2-9H,1H3,(H,24,27,29)(H2,25,26,28). The lowest BCUT2D eigenvalue weighted by Crippen LogP contribution is -2.13. The fraction of sp³-hybridized carbons (Fsp3) is 0.0500. The van der Waals surface area contributed by atoms with E-state index < -0.39 is 0 Å². The van der Waals surface area contributed by atoms with Crippen LogP contribution in [0.5, 0.6) is 0 Å². The maximum Gasteiger partial charge on any atom is 0.256 e. The summed E-state index contributed by atoms with van der Waals surface area (Å²) in [6.45, 7) is 1.86. The summed E-state index contributed by atoms with van der Waals surface area (Å²) in [6.07, 6.45) is 0. The summed E-state index contributed by atoms with van der Waals surface area (Å²) < 4.78 is 0.882. The topological polar surface area (TPSA) is 82.7 Å². The molecule has 4 aromatic rings. The molecular formula is C20H14BrCl2N5O. The van der Waals surface area contributed by atoms with Gasteiger partial charge in [-0.05, 0) is 65.3 Å². The van der Waals surface area contributed by atoms with Crippen LogP contribution in [0, 0.1) is 6.92 Å². The van der Waals surface area contributed by atoms with Gasteiger partial charge in [-0.3, -0.25) is 4.79 Å². The molecule has 2 aromatic carbocycles. The Balaban J connectivity index is 1.58. The number of hydrogen-bond acceptors (Lipinski definition) is 4. The lowest BCUT2D eigenvalue weighted by Gasteiger charge is -2.06. The maximum absolute atomic E-state index is 12.6. The number of nitrogens with one attached hydrogen (secondary N) is 3. The number of fused-ring (bicyclic) bond motifs is 1. The van der Waals surface area contributed by atoms with Gasteiger partial charge in [0.2, 0.25) is 5.95 Å². The zero-order valence-electron chi connectivity index (χ0n) is 15.1. The summed E-state index contributed by atoms with van der Waals surface area (Å²) in [4.78, 5) is 24.5. The molecule has 0 aliphatic rings. The van der Waals surface area contributed by atoms with E-state index in [0.717, 1.165) is 15.7 Å². The van der Waals surface area contributed by atoms with Gasteiger partial charge in [0, 0.05) is 10.0 Å². The Labute approximate surface area is 184 Å². The van der Waals surface area contributed by atoms with E-state index in [4.69, 9.17) is 23.2 Å².